The number of fused-ring (bicyclic) bond motifs is 1. The summed E-state index contributed by atoms with van der Waals surface area (Å²) in [7, 11) is 1.41. The van der Waals surface area contributed by atoms with Crippen molar-refractivity contribution in [2.45, 2.75) is 37.5 Å². The topological polar surface area (TPSA) is 39.2 Å². The maximum Gasteiger partial charge on any atom is 0.316 e. The number of para-hydroxylation sites is 1. The number of nitrogens with zero attached hydrogens (tertiary/aromatic N) is 1. The maximum atomic E-state index is 14.2. The van der Waals surface area contributed by atoms with Crippen LogP contribution >= 0.6 is 11.3 Å². The SMILES string of the molecule is COC(=O)[C@@]1(c2cccc(F)c2C)CCC(c2nc3ccccc3s2)C1. The normalized spacial score (nSPS) is 22.7. The molecule has 2 atom stereocenters. The molecule has 3 nitrogen and oxygen atoms in total. The predicted octanol–water partition coefficient (Wildman–Crippen LogP) is 5.12. The van der Waals surface area contributed by atoms with E-state index in [0.29, 0.717) is 18.4 Å². The number of methoxy groups -OCH3 is 1. The van der Waals surface area contributed by atoms with Crippen LogP contribution in [-0.4, -0.2) is 18.1 Å². The van der Waals surface area contributed by atoms with Gasteiger partial charge >= 0.3 is 5.97 Å². The molecule has 1 fully saturated rings. The molecule has 0 radical (unpaired) electrons. The van der Waals surface area contributed by atoms with Gasteiger partial charge in [0, 0.05) is 5.92 Å². The fourth-order valence-corrected chi connectivity index (χ4v) is 5.28. The average Bonchev–Trinajstić information content (AvgIpc) is 3.28. The van der Waals surface area contributed by atoms with Gasteiger partial charge in [0.1, 0.15) is 5.82 Å². The lowest BCUT2D eigenvalue weighted by atomic mass is 9.76. The van der Waals surface area contributed by atoms with Crippen LogP contribution in [0.4, 0.5) is 4.39 Å². The van der Waals surface area contributed by atoms with Crippen LogP contribution in [0.2, 0.25) is 0 Å². The number of aromatic nitrogens is 1. The number of benzene rings is 2. The first-order valence-corrected chi connectivity index (χ1v) is 9.56. The van der Waals surface area contributed by atoms with E-state index in [1.165, 1.54) is 13.2 Å². The molecule has 0 spiro atoms. The van der Waals surface area contributed by atoms with Gasteiger partial charge in [0.15, 0.2) is 0 Å². The number of thiazole rings is 1. The van der Waals surface area contributed by atoms with Crippen molar-refractivity contribution >= 4 is 27.5 Å². The van der Waals surface area contributed by atoms with Crippen LogP contribution in [0.3, 0.4) is 0 Å². The minimum atomic E-state index is -0.802. The Morgan fingerprint density at radius 2 is 2.08 bits per heavy atom. The lowest BCUT2D eigenvalue weighted by Crippen LogP contribution is -2.35. The number of rotatable bonds is 3. The Labute approximate surface area is 155 Å². The molecule has 2 aromatic carbocycles. The molecule has 4 rings (SSSR count). The van der Waals surface area contributed by atoms with Crippen molar-refractivity contribution in [3.8, 4) is 0 Å². The number of carbonyl (C=O) groups excluding carboxylic acids is 1. The number of hydrogen-bond donors (Lipinski definition) is 0. The van der Waals surface area contributed by atoms with E-state index in [4.69, 9.17) is 9.72 Å². The number of hydrogen-bond acceptors (Lipinski definition) is 4. The van der Waals surface area contributed by atoms with E-state index in [-0.39, 0.29) is 17.7 Å². The Bertz CT molecular complexity index is 950. The van der Waals surface area contributed by atoms with E-state index in [1.807, 2.05) is 24.3 Å². The standard InChI is InChI=1S/C21H20FNO2S/c1-13-15(6-5-7-16(13)22)21(20(24)25-2)11-10-14(12-21)19-23-17-8-3-4-9-18(17)26-19/h3-9,14H,10-12H2,1-2H3/t14?,21-/m0/s1. The minimum absolute atomic E-state index is 0.175. The fourth-order valence-electron chi connectivity index (χ4n) is 4.18. The van der Waals surface area contributed by atoms with Crippen LogP contribution in [0, 0.1) is 12.7 Å². The molecule has 0 amide bonds. The largest absolute Gasteiger partial charge is 0.468 e. The lowest BCUT2D eigenvalue weighted by molar-refractivity contribution is -0.147. The quantitative estimate of drug-likeness (QED) is 0.601. The third kappa shape index (κ3) is 2.62. The monoisotopic (exact) mass is 369 g/mol. The van der Waals surface area contributed by atoms with E-state index in [0.717, 1.165) is 27.2 Å². The first-order chi connectivity index (χ1) is 12.5. The summed E-state index contributed by atoms with van der Waals surface area (Å²) in [4.78, 5) is 17.6. The van der Waals surface area contributed by atoms with Crippen LogP contribution in [0.1, 0.15) is 41.3 Å². The summed E-state index contributed by atoms with van der Waals surface area (Å²) in [5.41, 5.74) is 1.46. The van der Waals surface area contributed by atoms with Gasteiger partial charge in [-0.1, -0.05) is 24.3 Å². The lowest BCUT2D eigenvalue weighted by Gasteiger charge is -2.28. The zero-order valence-corrected chi connectivity index (χ0v) is 15.6. The van der Waals surface area contributed by atoms with Crippen molar-refractivity contribution in [3.05, 3.63) is 64.4 Å². The molecule has 1 aliphatic rings. The Hall–Kier alpha value is -2.27. The number of halogens is 1. The highest BCUT2D eigenvalue weighted by atomic mass is 32.1. The van der Waals surface area contributed by atoms with Crippen LogP contribution in [0.15, 0.2) is 42.5 Å². The highest BCUT2D eigenvalue weighted by molar-refractivity contribution is 7.18. The minimum Gasteiger partial charge on any atom is -0.468 e. The van der Waals surface area contributed by atoms with Gasteiger partial charge in [-0.2, -0.15) is 0 Å². The van der Waals surface area contributed by atoms with Crippen molar-refractivity contribution in [1.29, 1.82) is 0 Å². The van der Waals surface area contributed by atoms with Gasteiger partial charge < -0.3 is 4.74 Å². The summed E-state index contributed by atoms with van der Waals surface area (Å²) in [6.45, 7) is 1.74. The molecule has 5 heteroatoms. The van der Waals surface area contributed by atoms with Gasteiger partial charge in [-0.3, -0.25) is 4.79 Å². The zero-order chi connectivity index (χ0) is 18.3. The summed E-state index contributed by atoms with van der Waals surface area (Å²) in [5, 5.41) is 1.05. The Kier molecular flexibility index (Phi) is 4.27. The van der Waals surface area contributed by atoms with Gasteiger partial charge in [-0.15, -0.1) is 11.3 Å². The van der Waals surface area contributed by atoms with Crippen molar-refractivity contribution in [2.75, 3.05) is 7.11 Å². The Morgan fingerprint density at radius 3 is 2.85 bits per heavy atom. The van der Waals surface area contributed by atoms with Gasteiger partial charge in [0.05, 0.1) is 27.7 Å². The van der Waals surface area contributed by atoms with Crippen molar-refractivity contribution in [1.82, 2.24) is 4.98 Å². The number of esters is 1. The van der Waals surface area contributed by atoms with Crippen molar-refractivity contribution in [3.63, 3.8) is 0 Å². The molecule has 0 aliphatic heterocycles. The van der Waals surface area contributed by atoms with Crippen LogP contribution in [0.5, 0.6) is 0 Å². The van der Waals surface area contributed by atoms with E-state index in [9.17, 15) is 9.18 Å². The molecule has 1 saturated carbocycles. The van der Waals surface area contributed by atoms with Gasteiger partial charge in [0.2, 0.25) is 0 Å². The summed E-state index contributed by atoms with van der Waals surface area (Å²) >= 11 is 1.68. The zero-order valence-electron chi connectivity index (χ0n) is 14.8. The highest BCUT2D eigenvalue weighted by Crippen LogP contribution is 2.51. The summed E-state index contributed by atoms with van der Waals surface area (Å²) in [6.07, 6.45) is 2.08. The van der Waals surface area contributed by atoms with E-state index in [2.05, 4.69) is 6.07 Å². The second kappa shape index (κ2) is 6.47. The van der Waals surface area contributed by atoms with Crippen LogP contribution in [-0.2, 0) is 14.9 Å². The molecule has 0 N–H and O–H groups in total. The summed E-state index contributed by atoms with van der Waals surface area (Å²) in [5.74, 6) is -0.391. The van der Waals surface area contributed by atoms with Crippen molar-refractivity contribution in [2.24, 2.45) is 0 Å². The van der Waals surface area contributed by atoms with Gasteiger partial charge in [0.25, 0.3) is 0 Å². The van der Waals surface area contributed by atoms with Crippen LogP contribution < -0.4 is 0 Å². The molecule has 1 heterocycles. The average molecular weight is 369 g/mol. The third-order valence-corrected chi connectivity index (χ3v) is 6.73. The molecule has 26 heavy (non-hydrogen) atoms. The predicted molar refractivity (Wildman–Crippen MR) is 101 cm³/mol. The molecule has 1 aromatic heterocycles. The fraction of sp³-hybridized carbons (Fsp3) is 0.333. The molecule has 0 saturated heterocycles. The van der Waals surface area contributed by atoms with Gasteiger partial charge in [-0.25, -0.2) is 9.37 Å². The second-order valence-corrected chi connectivity index (χ2v) is 8.01. The van der Waals surface area contributed by atoms with E-state index >= 15 is 0 Å². The molecule has 3 aromatic rings. The molecule has 1 unspecified atom stereocenters. The summed E-state index contributed by atoms with van der Waals surface area (Å²) in [6, 6.07) is 13.0. The summed E-state index contributed by atoms with van der Waals surface area (Å²) < 4.78 is 20.5. The maximum absolute atomic E-state index is 14.2. The smallest absolute Gasteiger partial charge is 0.316 e. The van der Waals surface area contributed by atoms with Gasteiger partial charge in [-0.05, 0) is 55.5 Å². The van der Waals surface area contributed by atoms with E-state index < -0.39 is 5.41 Å². The molecular weight excluding hydrogens is 349 g/mol. The van der Waals surface area contributed by atoms with Crippen LogP contribution in [0.25, 0.3) is 10.2 Å². The van der Waals surface area contributed by atoms with E-state index in [1.54, 1.807) is 24.3 Å². The Morgan fingerprint density at radius 1 is 1.27 bits per heavy atom. The van der Waals surface area contributed by atoms with Crippen molar-refractivity contribution < 1.29 is 13.9 Å². The number of carbonyl (C=O) groups is 1. The highest BCUT2D eigenvalue weighted by Gasteiger charge is 2.49. The molecule has 134 valence electrons. The first kappa shape index (κ1) is 17.2. The molecule has 0 bridgehead atoms. The molecule has 1 aliphatic carbocycles. The first-order valence-electron chi connectivity index (χ1n) is 8.74. The Balaban J connectivity index is 1.75. The second-order valence-electron chi connectivity index (χ2n) is 6.95. The molecular formula is C21H20FNO2S. The third-order valence-electron chi connectivity index (χ3n) is 5.53. The number of ether oxygens (including phenoxy) is 1.